The van der Waals surface area contributed by atoms with Crippen molar-refractivity contribution < 1.29 is 27.7 Å². The Labute approximate surface area is 163 Å². The number of nitro groups is 1. The van der Waals surface area contributed by atoms with Crippen molar-refractivity contribution in [3.8, 4) is 0 Å². The molecule has 0 radical (unpaired) electrons. The molecule has 0 aromatic heterocycles. The van der Waals surface area contributed by atoms with Gasteiger partial charge in [-0.1, -0.05) is 6.07 Å². The lowest BCUT2D eigenvalue weighted by molar-refractivity contribution is -0.384. The van der Waals surface area contributed by atoms with Crippen molar-refractivity contribution in [3.05, 3.63) is 63.7 Å². The van der Waals surface area contributed by atoms with Gasteiger partial charge in [-0.25, -0.2) is 0 Å². The number of hydrogen-bond acceptors (Lipinski definition) is 5. The van der Waals surface area contributed by atoms with E-state index in [0.29, 0.717) is 11.8 Å². The normalized spacial score (nSPS) is 10.9. The number of carbonyl (C=O) groups is 2. The molecule has 8 nitrogen and oxygen atoms in total. The number of hydrogen-bond donors (Lipinski definition) is 3. The van der Waals surface area contributed by atoms with E-state index in [1.807, 2.05) is 0 Å². The Balaban J connectivity index is 1.96. The summed E-state index contributed by atoms with van der Waals surface area (Å²) in [5.41, 5.74) is -1.19. The Hall–Kier alpha value is -3.63. The van der Waals surface area contributed by atoms with Gasteiger partial charge in [0, 0.05) is 37.3 Å². The molecule has 0 unspecified atom stereocenters. The topological polar surface area (TPSA) is 113 Å². The van der Waals surface area contributed by atoms with Gasteiger partial charge in [-0.05, 0) is 30.3 Å². The summed E-state index contributed by atoms with van der Waals surface area (Å²) in [5.74, 6) is -0.731. The minimum absolute atomic E-state index is 0.0450. The maximum atomic E-state index is 12.7. The molecule has 0 aliphatic rings. The van der Waals surface area contributed by atoms with Crippen LogP contribution >= 0.6 is 0 Å². The molecule has 2 aromatic carbocycles. The summed E-state index contributed by atoms with van der Waals surface area (Å²) < 4.78 is 38.1. The van der Waals surface area contributed by atoms with E-state index in [2.05, 4.69) is 16.0 Å². The highest BCUT2D eigenvalue weighted by atomic mass is 19.4. The van der Waals surface area contributed by atoms with Crippen molar-refractivity contribution in [2.75, 3.05) is 23.7 Å². The van der Waals surface area contributed by atoms with Crippen LogP contribution in [0.1, 0.15) is 22.8 Å². The van der Waals surface area contributed by atoms with Crippen LogP contribution in [0.2, 0.25) is 0 Å². The molecule has 0 saturated carbocycles. The molecule has 154 valence electrons. The average Bonchev–Trinajstić information content (AvgIpc) is 2.63. The Bertz CT molecular complexity index is 932. The second-order valence-corrected chi connectivity index (χ2v) is 5.93. The van der Waals surface area contributed by atoms with Gasteiger partial charge >= 0.3 is 6.18 Å². The van der Waals surface area contributed by atoms with Gasteiger partial charge in [0.05, 0.1) is 10.5 Å². The summed E-state index contributed by atoms with van der Waals surface area (Å²) in [7, 11) is 0. The van der Waals surface area contributed by atoms with E-state index in [9.17, 15) is 32.9 Å². The van der Waals surface area contributed by atoms with E-state index < -0.39 is 28.3 Å². The SMILES string of the molecule is CC(=O)Nc1cccc(C(=O)NCCNc2ccc(C(F)(F)F)cc2[N+](=O)[O-])c1. The third-order valence-corrected chi connectivity index (χ3v) is 3.69. The Morgan fingerprint density at radius 2 is 1.83 bits per heavy atom. The van der Waals surface area contributed by atoms with E-state index in [0.717, 1.165) is 12.1 Å². The fourth-order valence-electron chi connectivity index (χ4n) is 2.43. The third-order valence-electron chi connectivity index (χ3n) is 3.69. The summed E-state index contributed by atoms with van der Waals surface area (Å²) >= 11 is 0. The fraction of sp³-hybridized carbons (Fsp3) is 0.222. The number of rotatable bonds is 7. The van der Waals surface area contributed by atoms with Gasteiger partial charge in [0.1, 0.15) is 5.69 Å². The van der Waals surface area contributed by atoms with Crippen molar-refractivity contribution in [1.82, 2.24) is 5.32 Å². The van der Waals surface area contributed by atoms with Crippen LogP contribution in [0.5, 0.6) is 0 Å². The lowest BCUT2D eigenvalue weighted by Crippen LogP contribution is -2.29. The van der Waals surface area contributed by atoms with E-state index in [-0.39, 0.29) is 30.2 Å². The van der Waals surface area contributed by atoms with E-state index in [4.69, 9.17) is 0 Å². The van der Waals surface area contributed by atoms with Gasteiger partial charge in [-0.15, -0.1) is 0 Å². The molecule has 11 heteroatoms. The Morgan fingerprint density at radius 3 is 2.45 bits per heavy atom. The number of alkyl halides is 3. The lowest BCUT2D eigenvalue weighted by atomic mass is 10.1. The van der Waals surface area contributed by atoms with Crippen LogP contribution in [-0.4, -0.2) is 29.8 Å². The van der Waals surface area contributed by atoms with Crippen LogP contribution in [0.25, 0.3) is 0 Å². The second kappa shape index (κ2) is 9.04. The number of amides is 2. The summed E-state index contributed by atoms with van der Waals surface area (Å²) in [6.45, 7) is 1.43. The zero-order chi connectivity index (χ0) is 21.6. The molecule has 0 heterocycles. The largest absolute Gasteiger partial charge is 0.416 e. The van der Waals surface area contributed by atoms with Crippen LogP contribution in [0.3, 0.4) is 0 Å². The second-order valence-electron chi connectivity index (χ2n) is 5.93. The number of carbonyl (C=O) groups excluding carboxylic acids is 2. The first-order chi connectivity index (χ1) is 13.6. The third kappa shape index (κ3) is 6.19. The molecule has 2 aromatic rings. The smallest absolute Gasteiger partial charge is 0.378 e. The molecule has 29 heavy (non-hydrogen) atoms. The first-order valence-corrected chi connectivity index (χ1v) is 8.33. The molecule has 0 bridgehead atoms. The molecular formula is C18H17F3N4O4. The molecule has 0 aliphatic heterocycles. The predicted molar refractivity (Wildman–Crippen MR) is 99.7 cm³/mol. The highest BCUT2D eigenvalue weighted by Gasteiger charge is 2.33. The zero-order valence-electron chi connectivity index (χ0n) is 15.2. The van der Waals surface area contributed by atoms with Crippen molar-refractivity contribution in [2.24, 2.45) is 0 Å². The van der Waals surface area contributed by atoms with E-state index in [1.54, 1.807) is 12.1 Å². The van der Waals surface area contributed by atoms with Crippen LogP contribution in [0.15, 0.2) is 42.5 Å². The number of nitrogens with zero attached hydrogens (tertiary/aromatic N) is 1. The minimum Gasteiger partial charge on any atom is -0.378 e. The summed E-state index contributed by atoms with van der Waals surface area (Å²) in [4.78, 5) is 33.3. The molecule has 0 spiro atoms. The lowest BCUT2D eigenvalue weighted by Gasteiger charge is -2.11. The fourth-order valence-corrected chi connectivity index (χ4v) is 2.43. The molecule has 2 rings (SSSR count). The minimum atomic E-state index is -4.69. The van der Waals surface area contributed by atoms with E-state index >= 15 is 0 Å². The number of halogens is 3. The number of nitro benzene ring substituents is 1. The molecule has 3 N–H and O–H groups in total. The van der Waals surface area contributed by atoms with Gasteiger partial charge in [0.2, 0.25) is 5.91 Å². The summed E-state index contributed by atoms with van der Waals surface area (Å²) in [6, 6.07) is 8.38. The van der Waals surface area contributed by atoms with Crippen molar-refractivity contribution in [3.63, 3.8) is 0 Å². The zero-order valence-corrected chi connectivity index (χ0v) is 15.2. The van der Waals surface area contributed by atoms with Crippen molar-refractivity contribution >= 4 is 28.9 Å². The van der Waals surface area contributed by atoms with Crippen molar-refractivity contribution in [1.29, 1.82) is 0 Å². The summed E-state index contributed by atoms with van der Waals surface area (Å²) in [5, 5.41) is 18.8. The quantitative estimate of drug-likeness (QED) is 0.368. The number of benzene rings is 2. The predicted octanol–water partition coefficient (Wildman–Crippen LogP) is 3.41. The maximum absolute atomic E-state index is 12.7. The molecular weight excluding hydrogens is 393 g/mol. The maximum Gasteiger partial charge on any atom is 0.416 e. The van der Waals surface area contributed by atoms with Gasteiger partial charge in [-0.2, -0.15) is 13.2 Å². The van der Waals surface area contributed by atoms with Crippen molar-refractivity contribution in [2.45, 2.75) is 13.1 Å². The highest BCUT2D eigenvalue weighted by molar-refractivity contribution is 5.96. The summed E-state index contributed by atoms with van der Waals surface area (Å²) in [6.07, 6.45) is -4.69. The average molecular weight is 410 g/mol. The Kier molecular flexibility index (Phi) is 6.75. The van der Waals surface area contributed by atoms with Gasteiger partial charge in [0.25, 0.3) is 11.6 Å². The highest BCUT2D eigenvalue weighted by Crippen LogP contribution is 2.34. The standard InChI is InChI=1S/C18H17F3N4O4/c1-11(26)24-14-4-2-3-12(9-14)17(27)23-8-7-22-15-6-5-13(18(19,20)21)10-16(15)25(28)29/h2-6,9-10,22H,7-8H2,1H3,(H,23,27)(H,24,26). The first-order valence-electron chi connectivity index (χ1n) is 8.33. The van der Waals surface area contributed by atoms with Crippen LogP contribution in [0.4, 0.5) is 30.2 Å². The van der Waals surface area contributed by atoms with Crippen LogP contribution in [0, 0.1) is 10.1 Å². The first kappa shape index (κ1) is 21.7. The molecule has 0 aliphatic carbocycles. The Morgan fingerprint density at radius 1 is 1.10 bits per heavy atom. The molecule has 0 fully saturated rings. The van der Waals surface area contributed by atoms with Gasteiger partial charge in [0.15, 0.2) is 0 Å². The van der Waals surface area contributed by atoms with Crippen LogP contribution < -0.4 is 16.0 Å². The van der Waals surface area contributed by atoms with Crippen LogP contribution in [-0.2, 0) is 11.0 Å². The van der Waals surface area contributed by atoms with Gasteiger partial charge in [-0.3, -0.25) is 19.7 Å². The molecule has 2 amide bonds. The number of anilines is 2. The monoisotopic (exact) mass is 410 g/mol. The van der Waals surface area contributed by atoms with Gasteiger partial charge < -0.3 is 16.0 Å². The number of nitrogens with one attached hydrogen (secondary N) is 3. The molecule has 0 atom stereocenters. The molecule has 0 saturated heterocycles. The van der Waals surface area contributed by atoms with E-state index in [1.165, 1.54) is 19.1 Å².